The van der Waals surface area contributed by atoms with Crippen molar-refractivity contribution >= 4 is 5.97 Å². The first-order chi connectivity index (χ1) is 14.5. The smallest absolute Gasteiger partial charge is 0.354 e. The number of aryl methyl sites for hydroxylation is 2. The van der Waals surface area contributed by atoms with Crippen LogP contribution in [0.4, 0.5) is 0 Å². The molecule has 2 heterocycles. The number of carbonyl (C=O) groups is 1. The van der Waals surface area contributed by atoms with Gasteiger partial charge in [0.1, 0.15) is 11.5 Å². The van der Waals surface area contributed by atoms with Gasteiger partial charge in [0.05, 0.1) is 0 Å². The van der Waals surface area contributed by atoms with Crippen molar-refractivity contribution in [1.29, 1.82) is 0 Å². The van der Waals surface area contributed by atoms with Crippen LogP contribution in [0.5, 0.6) is 0 Å². The van der Waals surface area contributed by atoms with Gasteiger partial charge in [-0.3, -0.25) is 0 Å². The second kappa shape index (κ2) is 11.2. The fourth-order valence-electron chi connectivity index (χ4n) is 2.58. The van der Waals surface area contributed by atoms with Gasteiger partial charge in [0.2, 0.25) is 5.82 Å². The van der Waals surface area contributed by atoms with E-state index in [1.165, 1.54) is 0 Å². The summed E-state index contributed by atoms with van der Waals surface area (Å²) in [6.07, 6.45) is 0. The van der Waals surface area contributed by atoms with Gasteiger partial charge in [-0.15, -0.1) is 46.1 Å². The van der Waals surface area contributed by atoms with Gasteiger partial charge in [-0.2, -0.15) is 10.2 Å². The van der Waals surface area contributed by atoms with Crippen molar-refractivity contribution in [3.8, 4) is 22.8 Å². The Bertz CT molecular complexity index is 1060. The van der Waals surface area contributed by atoms with E-state index in [1.807, 2.05) is 75.4 Å². The zero-order chi connectivity index (χ0) is 21.5. The minimum absolute atomic E-state index is 0. The van der Waals surface area contributed by atoms with Crippen LogP contribution < -0.4 is 0 Å². The second-order valence-electron chi connectivity index (χ2n) is 6.53. The minimum Gasteiger partial charge on any atom is -0.477 e. The number of rotatable bonds is 3. The fraction of sp³-hybridized carbons (Fsp3) is 0.130. The molecule has 8 heteroatoms. The fourth-order valence-corrected chi connectivity index (χ4v) is 2.58. The zero-order valence-electron chi connectivity index (χ0n) is 17.2. The summed E-state index contributed by atoms with van der Waals surface area (Å²) < 4.78 is 0. The average molecular weight is 591 g/mol. The summed E-state index contributed by atoms with van der Waals surface area (Å²) in [5.41, 5.74) is 4.63. The summed E-state index contributed by atoms with van der Waals surface area (Å²) in [5, 5.41) is 25.0. The predicted molar refractivity (Wildman–Crippen MR) is 113 cm³/mol. The van der Waals surface area contributed by atoms with Gasteiger partial charge in [0.15, 0.2) is 0 Å². The summed E-state index contributed by atoms with van der Waals surface area (Å²) in [5.74, 6) is 0.0340. The van der Waals surface area contributed by atoms with E-state index in [9.17, 15) is 4.79 Å². The van der Waals surface area contributed by atoms with Crippen molar-refractivity contribution in [2.45, 2.75) is 20.8 Å². The molecule has 2 aromatic carbocycles. The molecule has 0 aliphatic carbocycles. The van der Waals surface area contributed by atoms with Crippen LogP contribution in [0.25, 0.3) is 22.8 Å². The third-order valence-corrected chi connectivity index (χ3v) is 4.46. The first-order valence-electron chi connectivity index (χ1n) is 9.23. The van der Waals surface area contributed by atoms with E-state index < -0.39 is 5.97 Å². The Hall–Kier alpha value is -3.35. The molecule has 0 fully saturated rings. The standard InChI is InChI=1S/C14H9N4.C9H11NO2.Ir/c1-3-7-11(8-4-1)13-15-17-14(18-16-13)12-9-5-2-6-10-12;1-5-4-8(9(11)12)10-7(3)6(5)2;/h1-9H;4H,1-3H3,(H,11,12);/q-1;;. The van der Waals surface area contributed by atoms with Crippen molar-refractivity contribution in [3.05, 3.63) is 89.2 Å². The molecule has 0 aliphatic rings. The number of pyridine rings is 1. The normalized spacial score (nSPS) is 9.77. The molecule has 0 atom stereocenters. The van der Waals surface area contributed by atoms with E-state index in [1.54, 1.807) is 6.07 Å². The number of aromatic carboxylic acids is 1. The molecule has 0 unspecified atom stereocenters. The number of nitrogens with zero attached hydrogens (tertiary/aromatic N) is 5. The minimum atomic E-state index is -0.971. The molecule has 0 amide bonds. The van der Waals surface area contributed by atoms with E-state index in [4.69, 9.17) is 5.11 Å². The molecule has 0 saturated carbocycles. The molecule has 1 N–H and O–H groups in total. The summed E-state index contributed by atoms with van der Waals surface area (Å²) >= 11 is 0. The van der Waals surface area contributed by atoms with Gasteiger partial charge in [-0.05, 0) is 38.0 Å². The van der Waals surface area contributed by atoms with Crippen LogP contribution in [0.15, 0.2) is 60.7 Å². The van der Waals surface area contributed by atoms with E-state index >= 15 is 0 Å². The van der Waals surface area contributed by atoms with Crippen LogP contribution in [0.1, 0.15) is 27.3 Å². The van der Waals surface area contributed by atoms with Gasteiger partial charge < -0.3 is 5.11 Å². The molecular formula is C23H20IrN5O2-. The van der Waals surface area contributed by atoms with E-state index in [2.05, 4.69) is 31.4 Å². The molecule has 2 aromatic heterocycles. The number of aromatic nitrogens is 5. The van der Waals surface area contributed by atoms with Gasteiger partial charge in [0, 0.05) is 31.4 Å². The van der Waals surface area contributed by atoms with Gasteiger partial charge in [-0.1, -0.05) is 30.3 Å². The van der Waals surface area contributed by atoms with Crippen LogP contribution in [-0.4, -0.2) is 36.5 Å². The Morgan fingerprint density at radius 1 is 0.871 bits per heavy atom. The number of hydrogen-bond donors (Lipinski definition) is 1. The monoisotopic (exact) mass is 591 g/mol. The summed E-state index contributed by atoms with van der Waals surface area (Å²) in [4.78, 5) is 14.5. The van der Waals surface area contributed by atoms with Crippen molar-refractivity contribution in [2.24, 2.45) is 0 Å². The van der Waals surface area contributed by atoms with Crippen LogP contribution in [0, 0.1) is 26.8 Å². The molecule has 0 bridgehead atoms. The second-order valence-corrected chi connectivity index (χ2v) is 6.53. The van der Waals surface area contributed by atoms with E-state index in [0.717, 1.165) is 27.9 Å². The Labute approximate surface area is 194 Å². The van der Waals surface area contributed by atoms with Crippen molar-refractivity contribution in [2.75, 3.05) is 0 Å². The molecule has 0 spiro atoms. The van der Waals surface area contributed by atoms with Gasteiger partial charge in [0.25, 0.3) is 0 Å². The zero-order valence-corrected chi connectivity index (χ0v) is 19.6. The van der Waals surface area contributed by atoms with Crippen LogP contribution in [0.2, 0.25) is 0 Å². The average Bonchev–Trinajstić information content (AvgIpc) is 2.79. The van der Waals surface area contributed by atoms with Crippen LogP contribution in [-0.2, 0) is 20.1 Å². The molecule has 31 heavy (non-hydrogen) atoms. The predicted octanol–water partition coefficient (Wildman–Crippen LogP) is 4.10. The quantitative estimate of drug-likeness (QED) is 0.359. The first kappa shape index (κ1) is 23.9. The molecule has 4 rings (SSSR count). The third kappa shape index (κ3) is 6.31. The SMILES string of the molecule is Cc1cc(C(=O)O)nc(C)c1C.[Ir].[c-]1ccccc1-c1nnc(-c2ccccc2)nn1. The molecule has 1 radical (unpaired) electrons. The largest absolute Gasteiger partial charge is 0.477 e. The first-order valence-corrected chi connectivity index (χ1v) is 9.23. The number of hydrogen-bond acceptors (Lipinski definition) is 6. The van der Waals surface area contributed by atoms with E-state index in [-0.39, 0.29) is 25.8 Å². The van der Waals surface area contributed by atoms with Crippen molar-refractivity contribution in [3.63, 3.8) is 0 Å². The van der Waals surface area contributed by atoms with E-state index in [0.29, 0.717) is 11.6 Å². The maximum Gasteiger partial charge on any atom is 0.354 e. The summed E-state index contributed by atoms with van der Waals surface area (Å²) in [6, 6.07) is 21.8. The maximum absolute atomic E-state index is 10.6. The van der Waals surface area contributed by atoms with Crippen molar-refractivity contribution < 1.29 is 30.0 Å². The molecule has 159 valence electrons. The van der Waals surface area contributed by atoms with Crippen LogP contribution in [0.3, 0.4) is 0 Å². The third-order valence-electron chi connectivity index (χ3n) is 4.46. The number of carboxylic acids is 1. The molecule has 4 aromatic rings. The van der Waals surface area contributed by atoms with Gasteiger partial charge >= 0.3 is 5.97 Å². The Morgan fingerprint density at radius 3 is 2.03 bits per heavy atom. The summed E-state index contributed by atoms with van der Waals surface area (Å²) in [7, 11) is 0. The Balaban J connectivity index is 0.000000231. The number of benzene rings is 2. The Morgan fingerprint density at radius 2 is 1.48 bits per heavy atom. The van der Waals surface area contributed by atoms with Crippen LogP contribution >= 0.6 is 0 Å². The number of carboxylic acid groups (broad SMARTS) is 1. The maximum atomic E-state index is 10.6. The molecule has 7 nitrogen and oxygen atoms in total. The Kier molecular flexibility index (Phi) is 8.61. The molecular weight excluding hydrogens is 571 g/mol. The summed E-state index contributed by atoms with van der Waals surface area (Å²) in [6.45, 7) is 5.63. The molecule has 0 saturated heterocycles. The molecule has 0 aliphatic heterocycles. The van der Waals surface area contributed by atoms with Gasteiger partial charge in [-0.25, -0.2) is 9.78 Å². The topological polar surface area (TPSA) is 102 Å². The van der Waals surface area contributed by atoms with Crippen molar-refractivity contribution in [1.82, 2.24) is 25.4 Å².